The van der Waals surface area contributed by atoms with Gasteiger partial charge in [0.05, 0.1) is 0 Å². The Morgan fingerprint density at radius 2 is 1.25 bits per heavy atom. The first-order valence-corrected chi connectivity index (χ1v) is 1.22. The van der Waals surface area contributed by atoms with Gasteiger partial charge in [-0.2, -0.15) is 6.26 Å². The van der Waals surface area contributed by atoms with Crippen LogP contribution in [0.25, 0.3) is 0 Å². The maximum Gasteiger partial charge on any atom is 2.00 e. The predicted molar refractivity (Wildman–Crippen MR) is 13.3 cm³/mol. The van der Waals surface area contributed by atoms with Gasteiger partial charge in [0.2, 0.25) is 0 Å². The first kappa shape index (κ1) is 17.6. The molecule has 0 spiro atoms. The molecule has 0 saturated carbocycles. The summed E-state index contributed by atoms with van der Waals surface area (Å²) in [4.78, 5) is 0. The van der Waals surface area contributed by atoms with Crippen LogP contribution in [0, 0.1) is 0 Å². The van der Waals surface area contributed by atoms with Gasteiger partial charge in [-0.3, -0.25) is 0 Å². The molecule has 0 rings (SSSR count). The molecule has 0 aliphatic carbocycles. The molecular weight excluding hydrogens is 280 g/mol. The van der Waals surface area contributed by atoms with E-state index in [0.717, 1.165) is 0 Å². The van der Waals surface area contributed by atoms with Crippen LogP contribution in [0.5, 0.6) is 0 Å². The molecule has 0 aromatic rings. The van der Waals surface area contributed by atoms with Crippen molar-refractivity contribution >= 4 is 12.6 Å². The molecule has 0 fully saturated rings. The Morgan fingerprint density at radius 1 is 1.25 bits per heavy atom. The van der Waals surface area contributed by atoms with E-state index in [4.69, 9.17) is 0 Å². The van der Waals surface area contributed by atoms with E-state index in [1.54, 1.807) is 6.26 Å². The van der Waals surface area contributed by atoms with Crippen molar-refractivity contribution in [1.29, 1.82) is 0 Å². The quantitative estimate of drug-likeness (QED) is 0.341. The van der Waals surface area contributed by atoms with Gasteiger partial charge < -0.3 is 25.0 Å². The average Bonchev–Trinajstić information content (AvgIpc) is 1.00. The second kappa shape index (κ2) is 23.6. The molecule has 3 heteroatoms. The fraction of sp³-hybridized carbons (Fsp3) is 1.00. The monoisotopic (exact) mass is 284 g/mol. The molecule has 0 atom stereocenters. The van der Waals surface area contributed by atoms with Gasteiger partial charge in [0.15, 0.2) is 0 Å². The number of hydrogen-bond acceptors (Lipinski definition) is 1. The molecule has 0 nitrogen and oxygen atoms in total. The van der Waals surface area contributed by atoms with E-state index in [2.05, 4.69) is 12.6 Å². The average molecular weight is 283 g/mol. The Morgan fingerprint density at radius 3 is 1.25 bits per heavy atom. The van der Waals surface area contributed by atoms with Crippen LogP contribution >= 0.6 is 0 Å². The van der Waals surface area contributed by atoms with E-state index in [1.165, 1.54) is 0 Å². The minimum Gasteiger partial charge on any atom is -1.00 e. The van der Waals surface area contributed by atoms with Crippen molar-refractivity contribution in [3.8, 4) is 0 Å². The summed E-state index contributed by atoms with van der Waals surface area (Å²) >= 11 is 4.08. The summed E-state index contributed by atoms with van der Waals surface area (Å²) in [6.07, 6.45) is 1.58. The van der Waals surface area contributed by atoms with Crippen LogP contribution in [0.15, 0.2) is 0 Å². The normalized spacial score (nSPS) is 1.50. The van der Waals surface area contributed by atoms with Gasteiger partial charge in [-0.25, -0.2) is 0 Å². The molecule has 0 aliphatic heterocycles. The molecule has 0 N–H and O–H groups in total. The van der Waals surface area contributed by atoms with Gasteiger partial charge >= 0.3 is 27.7 Å². The van der Waals surface area contributed by atoms with E-state index < -0.39 is 0 Å². The second-order valence-electron chi connectivity index (χ2n) is 0. The molecule has 0 bridgehead atoms. The molecule has 0 aliphatic rings. The van der Waals surface area contributed by atoms with Gasteiger partial charge in [-0.1, -0.05) is 0 Å². The van der Waals surface area contributed by atoms with Gasteiger partial charge in [0.25, 0.3) is 0 Å². The van der Waals surface area contributed by atoms with Crippen LogP contribution in [0.1, 0.15) is 0 Å². The molecule has 0 radical (unpaired) electrons. The third-order valence-corrected chi connectivity index (χ3v) is 0. The smallest absolute Gasteiger partial charge is 1.00 e. The number of hydrogen-bond donors (Lipinski definition) is 0. The zero-order chi connectivity index (χ0) is 2.00. The maximum absolute atomic E-state index is 4.08. The fourth-order valence-corrected chi connectivity index (χ4v) is 0. The zero-order valence-corrected chi connectivity index (χ0v) is 9.56. The first-order chi connectivity index (χ1) is 1.00. The summed E-state index contributed by atoms with van der Waals surface area (Å²) in [7, 11) is 0. The van der Waals surface area contributed by atoms with Crippen LogP contribution in [-0.4, -0.2) is 6.26 Å². The SMILES string of the molecule is C[S-].[Cl-].[Hg+2]. The van der Waals surface area contributed by atoms with Gasteiger partial charge in [0, 0.05) is 0 Å². The van der Waals surface area contributed by atoms with Crippen LogP contribution in [0.4, 0.5) is 0 Å². The number of halogens is 1. The molecule has 4 heavy (non-hydrogen) atoms. The Balaban J connectivity index is -0.00000000500. The first-order valence-electron chi connectivity index (χ1n) is 0.408. The minimum absolute atomic E-state index is 0. The number of rotatable bonds is 0. The minimum atomic E-state index is 0. The van der Waals surface area contributed by atoms with E-state index in [1.807, 2.05) is 0 Å². The van der Waals surface area contributed by atoms with E-state index in [0.29, 0.717) is 0 Å². The molecule has 0 aromatic carbocycles. The van der Waals surface area contributed by atoms with E-state index in [9.17, 15) is 0 Å². The van der Waals surface area contributed by atoms with Gasteiger partial charge in [-0.15, -0.1) is 0 Å². The standard InChI is InChI=1S/CH4S.ClH.Hg/c1-2;;/h2H,1H3;1H;/q;;+2/p-2. The van der Waals surface area contributed by atoms with Crippen LogP contribution in [-0.2, 0) is 40.3 Å². The fourth-order valence-electron chi connectivity index (χ4n) is 0. The summed E-state index contributed by atoms with van der Waals surface area (Å²) in [6, 6.07) is 0. The van der Waals surface area contributed by atoms with Crippen molar-refractivity contribution in [3.63, 3.8) is 0 Å². The molecule has 0 aromatic heterocycles. The predicted octanol–water partition coefficient (Wildman–Crippen LogP) is -2.84. The molecule has 0 amide bonds. The summed E-state index contributed by atoms with van der Waals surface area (Å²) in [5.41, 5.74) is 0. The third kappa shape index (κ3) is 9.56. The van der Waals surface area contributed by atoms with E-state index >= 15 is 0 Å². The summed E-state index contributed by atoms with van der Waals surface area (Å²) in [5.74, 6) is 0. The van der Waals surface area contributed by atoms with Crippen molar-refractivity contribution in [3.05, 3.63) is 0 Å². The Bertz CT molecular complexity index is 8.00. The maximum atomic E-state index is 4.08. The molecular formula is CH3ClHgS. The van der Waals surface area contributed by atoms with Crippen molar-refractivity contribution in [2.24, 2.45) is 0 Å². The van der Waals surface area contributed by atoms with Gasteiger partial charge in [0.1, 0.15) is 0 Å². The van der Waals surface area contributed by atoms with Crippen molar-refractivity contribution < 1.29 is 40.1 Å². The van der Waals surface area contributed by atoms with E-state index in [-0.39, 0.29) is 40.1 Å². The summed E-state index contributed by atoms with van der Waals surface area (Å²) in [6.45, 7) is 0. The Kier molecular flexibility index (Phi) is 104. The second-order valence-corrected chi connectivity index (χ2v) is 0. The molecule has 22 valence electrons. The third-order valence-electron chi connectivity index (χ3n) is 0. The van der Waals surface area contributed by atoms with Crippen molar-refractivity contribution in [1.82, 2.24) is 0 Å². The van der Waals surface area contributed by atoms with Crippen molar-refractivity contribution in [2.45, 2.75) is 0 Å². The molecule has 0 unspecified atom stereocenters. The largest absolute Gasteiger partial charge is 2.00 e. The molecule has 0 saturated heterocycles. The zero-order valence-electron chi connectivity index (χ0n) is 2.49. The van der Waals surface area contributed by atoms with Crippen LogP contribution in [0.3, 0.4) is 0 Å². The Hall–Kier alpha value is 1.58. The van der Waals surface area contributed by atoms with Gasteiger partial charge in [-0.05, 0) is 0 Å². The Labute approximate surface area is 58.7 Å². The molecule has 0 heterocycles. The topological polar surface area (TPSA) is 0 Å². The summed E-state index contributed by atoms with van der Waals surface area (Å²) < 4.78 is 0. The van der Waals surface area contributed by atoms with Crippen LogP contribution in [0.2, 0.25) is 0 Å². The summed E-state index contributed by atoms with van der Waals surface area (Å²) in [5, 5.41) is 0. The van der Waals surface area contributed by atoms with Crippen LogP contribution < -0.4 is 12.4 Å². The van der Waals surface area contributed by atoms with Crippen molar-refractivity contribution in [2.75, 3.05) is 6.26 Å².